The van der Waals surface area contributed by atoms with Gasteiger partial charge in [0.15, 0.2) is 17.4 Å². The quantitative estimate of drug-likeness (QED) is 0.771. The average molecular weight is 294 g/mol. The third-order valence-electron chi connectivity index (χ3n) is 3.06. The van der Waals surface area contributed by atoms with Crippen LogP contribution in [0, 0.1) is 6.92 Å². The number of aryl methyl sites for hydroxylation is 1. The molecule has 3 aromatic rings. The van der Waals surface area contributed by atoms with Crippen LogP contribution >= 0.6 is 0 Å². The number of anilines is 3. The van der Waals surface area contributed by atoms with E-state index >= 15 is 0 Å². The van der Waals surface area contributed by atoms with Crippen LogP contribution in [-0.2, 0) is 0 Å². The second-order valence-electron chi connectivity index (χ2n) is 4.68. The number of carbonyl (C=O) groups is 1. The van der Waals surface area contributed by atoms with Gasteiger partial charge in [0.2, 0.25) is 0 Å². The van der Waals surface area contributed by atoms with Crippen molar-refractivity contribution in [1.82, 2.24) is 10.2 Å². The SMILES string of the molecule is Cc1ccccc1Nc1ccc(NC(=O)c2ccco2)nn1. The van der Waals surface area contributed by atoms with Crippen molar-refractivity contribution < 1.29 is 9.21 Å². The highest BCUT2D eigenvalue weighted by Crippen LogP contribution is 2.18. The first kappa shape index (κ1) is 13.8. The van der Waals surface area contributed by atoms with Gasteiger partial charge in [-0.3, -0.25) is 4.79 Å². The predicted molar refractivity (Wildman–Crippen MR) is 83.2 cm³/mol. The highest BCUT2D eigenvalue weighted by atomic mass is 16.3. The van der Waals surface area contributed by atoms with Crippen molar-refractivity contribution in [2.75, 3.05) is 10.6 Å². The summed E-state index contributed by atoms with van der Waals surface area (Å²) < 4.78 is 5.01. The summed E-state index contributed by atoms with van der Waals surface area (Å²) in [6.07, 6.45) is 1.44. The molecule has 0 saturated heterocycles. The van der Waals surface area contributed by atoms with Crippen LogP contribution in [0.25, 0.3) is 0 Å². The van der Waals surface area contributed by atoms with Gasteiger partial charge in [-0.1, -0.05) is 18.2 Å². The molecule has 2 aromatic heterocycles. The Morgan fingerprint density at radius 2 is 1.77 bits per heavy atom. The van der Waals surface area contributed by atoms with Gasteiger partial charge in [-0.25, -0.2) is 0 Å². The average Bonchev–Trinajstić information content (AvgIpc) is 3.06. The van der Waals surface area contributed by atoms with Gasteiger partial charge in [0.25, 0.3) is 5.91 Å². The van der Waals surface area contributed by atoms with Crippen molar-refractivity contribution in [1.29, 1.82) is 0 Å². The van der Waals surface area contributed by atoms with Crippen LogP contribution in [-0.4, -0.2) is 16.1 Å². The van der Waals surface area contributed by atoms with Crippen molar-refractivity contribution >= 4 is 23.2 Å². The molecule has 0 unspecified atom stereocenters. The van der Waals surface area contributed by atoms with Crippen LogP contribution in [0.5, 0.6) is 0 Å². The Morgan fingerprint density at radius 3 is 2.45 bits per heavy atom. The molecule has 0 saturated carbocycles. The third-order valence-corrected chi connectivity index (χ3v) is 3.06. The molecule has 0 bridgehead atoms. The standard InChI is InChI=1S/C16H14N4O2/c1-11-5-2-3-6-12(11)17-14-8-9-15(20-19-14)18-16(21)13-7-4-10-22-13/h2-10H,1H3,(H,17,19)(H,18,20,21). The molecule has 0 atom stereocenters. The Hall–Kier alpha value is -3.15. The van der Waals surface area contributed by atoms with Crippen molar-refractivity contribution in [2.24, 2.45) is 0 Å². The fourth-order valence-corrected chi connectivity index (χ4v) is 1.90. The van der Waals surface area contributed by atoms with Crippen molar-refractivity contribution in [2.45, 2.75) is 6.92 Å². The molecule has 110 valence electrons. The molecule has 0 aliphatic carbocycles. The summed E-state index contributed by atoms with van der Waals surface area (Å²) in [5.41, 5.74) is 2.07. The first-order valence-corrected chi connectivity index (χ1v) is 6.73. The topological polar surface area (TPSA) is 80.0 Å². The molecule has 0 aliphatic heterocycles. The number of amides is 1. The zero-order valence-electron chi connectivity index (χ0n) is 11.9. The highest BCUT2D eigenvalue weighted by Gasteiger charge is 2.09. The molecule has 6 nitrogen and oxygen atoms in total. The number of benzene rings is 1. The lowest BCUT2D eigenvalue weighted by Gasteiger charge is -2.08. The number of nitrogens with zero attached hydrogens (tertiary/aromatic N) is 2. The molecule has 0 fully saturated rings. The Labute approximate surface area is 127 Å². The summed E-state index contributed by atoms with van der Waals surface area (Å²) in [4.78, 5) is 11.8. The van der Waals surface area contributed by atoms with Gasteiger partial charge in [-0.2, -0.15) is 0 Å². The minimum absolute atomic E-state index is 0.226. The van der Waals surface area contributed by atoms with E-state index in [1.54, 1.807) is 24.3 Å². The van der Waals surface area contributed by atoms with Gasteiger partial charge >= 0.3 is 0 Å². The summed E-state index contributed by atoms with van der Waals surface area (Å²) in [5.74, 6) is 0.824. The van der Waals surface area contributed by atoms with Gasteiger partial charge < -0.3 is 15.1 Å². The monoisotopic (exact) mass is 294 g/mol. The number of nitrogens with one attached hydrogen (secondary N) is 2. The second-order valence-corrected chi connectivity index (χ2v) is 4.68. The Kier molecular flexibility index (Phi) is 3.82. The largest absolute Gasteiger partial charge is 0.459 e. The molecule has 3 rings (SSSR count). The Morgan fingerprint density at radius 1 is 1.00 bits per heavy atom. The lowest BCUT2D eigenvalue weighted by molar-refractivity contribution is 0.0996. The number of para-hydroxylation sites is 1. The van der Waals surface area contributed by atoms with E-state index in [1.165, 1.54) is 6.26 Å². The Bertz CT molecular complexity index is 767. The van der Waals surface area contributed by atoms with E-state index in [2.05, 4.69) is 20.8 Å². The number of furan rings is 1. The fraction of sp³-hybridized carbons (Fsp3) is 0.0625. The van der Waals surface area contributed by atoms with Crippen molar-refractivity contribution in [3.05, 3.63) is 66.1 Å². The maximum absolute atomic E-state index is 11.8. The molecule has 0 spiro atoms. The third kappa shape index (κ3) is 3.12. The lowest BCUT2D eigenvalue weighted by atomic mass is 10.2. The lowest BCUT2D eigenvalue weighted by Crippen LogP contribution is -2.12. The molecule has 0 aliphatic rings. The van der Waals surface area contributed by atoms with Crippen molar-refractivity contribution in [3.63, 3.8) is 0 Å². The smallest absolute Gasteiger partial charge is 0.292 e. The molecule has 2 N–H and O–H groups in total. The van der Waals surface area contributed by atoms with Gasteiger partial charge in [-0.15, -0.1) is 10.2 Å². The molecule has 2 heterocycles. The summed E-state index contributed by atoms with van der Waals surface area (Å²) in [5, 5.41) is 13.8. The highest BCUT2D eigenvalue weighted by molar-refractivity contribution is 6.01. The van der Waals surface area contributed by atoms with Crippen LogP contribution < -0.4 is 10.6 Å². The van der Waals surface area contributed by atoms with Gasteiger partial charge in [-0.05, 0) is 42.8 Å². The molecule has 6 heteroatoms. The number of rotatable bonds is 4. The predicted octanol–water partition coefficient (Wildman–Crippen LogP) is 3.37. The first-order chi connectivity index (χ1) is 10.7. The van der Waals surface area contributed by atoms with E-state index in [4.69, 9.17) is 4.42 Å². The van der Waals surface area contributed by atoms with Crippen LogP contribution in [0.4, 0.5) is 17.3 Å². The normalized spacial score (nSPS) is 10.2. The van der Waals surface area contributed by atoms with Crippen molar-refractivity contribution in [3.8, 4) is 0 Å². The van der Waals surface area contributed by atoms with Gasteiger partial charge in [0.1, 0.15) is 0 Å². The number of hydrogen-bond acceptors (Lipinski definition) is 5. The van der Waals surface area contributed by atoms with Crippen LogP contribution in [0.3, 0.4) is 0 Å². The Balaban J connectivity index is 1.68. The van der Waals surface area contributed by atoms with E-state index in [1.807, 2.05) is 31.2 Å². The number of carbonyl (C=O) groups excluding carboxylic acids is 1. The summed E-state index contributed by atoms with van der Waals surface area (Å²) in [6.45, 7) is 2.01. The molecule has 22 heavy (non-hydrogen) atoms. The maximum Gasteiger partial charge on any atom is 0.292 e. The molecule has 1 amide bonds. The zero-order chi connectivity index (χ0) is 15.4. The number of aromatic nitrogens is 2. The van der Waals surface area contributed by atoms with Crippen LogP contribution in [0.1, 0.15) is 16.1 Å². The molecule has 1 aromatic carbocycles. The summed E-state index contributed by atoms with van der Waals surface area (Å²) in [7, 11) is 0. The molecular formula is C16H14N4O2. The molecular weight excluding hydrogens is 280 g/mol. The summed E-state index contributed by atoms with van der Waals surface area (Å²) in [6, 6.07) is 14.5. The van der Waals surface area contributed by atoms with Gasteiger partial charge in [0, 0.05) is 5.69 Å². The van der Waals surface area contributed by atoms with Crippen LogP contribution in [0.15, 0.2) is 59.2 Å². The summed E-state index contributed by atoms with van der Waals surface area (Å²) >= 11 is 0. The van der Waals surface area contributed by atoms with Crippen LogP contribution in [0.2, 0.25) is 0 Å². The second kappa shape index (κ2) is 6.09. The number of hydrogen-bond donors (Lipinski definition) is 2. The first-order valence-electron chi connectivity index (χ1n) is 6.73. The minimum atomic E-state index is -0.362. The minimum Gasteiger partial charge on any atom is -0.459 e. The maximum atomic E-state index is 11.8. The molecule has 0 radical (unpaired) electrons. The van der Waals surface area contributed by atoms with E-state index < -0.39 is 0 Å². The van der Waals surface area contributed by atoms with Gasteiger partial charge in [0.05, 0.1) is 6.26 Å². The van der Waals surface area contributed by atoms with E-state index in [-0.39, 0.29) is 11.7 Å². The zero-order valence-corrected chi connectivity index (χ0v) is 11.9. The van der Waals surface area contributed by atoms with E-state index in [0.717, 1.165) is 11.3 Å². The van der Waals surface area contributed by atoms with E-state index in [9.17, 15) is 4.79 Å². The fourth-order valence-electron chi connectivity index (χ4n) is 1.90. The van der Waals surface area contributed by atoms with E-state index in [0.29, 0.717) is 11.6 Å².